The molecule has 0 spiro atoms. The molecule has 0 radical (unpaired) electrons. The average Bonchev–Trinajstić information content (AvgIpc) is 2.29. The minimum absolute atomic E-state index is 0.369. The molecule has 3 heteroatoms. The zero-order chi connectivity index (χ0) is 12.0. The molecule has 0 aromatic heterocycles. The normalized spacial score (nSPS) is 10.8. The van der Waals surface area contributed by atoms with E-state index in [9.17, 15) is 4.79 Å². The van der Waals surface area contributed by atoms with Crippen molar-refractivity contribution >= 4 is 11.7 Å². The van der Waals surface area contributed by atoms with E-state index in [1.165, 1.54) is 18.7 Å². The Morgan fingerprint density at radius 3 is 2.44 bits per heavy atom. The Hall–Kier alpha value is -1.77. The number of benzene rings is 1. The second kappa shape index (κ2) is 5.95. The number of nitrogens with one attached hydrogen (secondary N) is 1. The Morgan fingerprint density at radius 2 is 1.94 bits per heavy atom. The number of carbonyl (C=O) groups is 1. The monoisotopic (exact) mass is 219 g/mol. The van der Waals surface area contributed by atoms with Crippen LogP contribution in [-0.2, 0) is 9.53 Å². The summed E-state index contributed by atoms with van der Waals surface area (Å²) < 4.78 is 4.47. The van der Waals surface area contributed by atoms with Gasteiger partial charge in [0.2, 0.25) is 0 Å². The second-order valence-electron chi connectivity index (χ2n) is 3.78. The number of methoxy groups -OCH3 is 1. The molecule has 1 rings (SSSR count). The van der Waals surface area contributed by atoms with Crippen LogP contribution in [0.1, 0.15) is 25.3 Å². The van der Waals surface area contributed by atoms with Crippen LogP contribution < -0.4 is 5.32 Å². The van der Waals surface area contributed by atoms with Gasteiger partial charge in [-0.2, -0.15) is 0 Å². The van der Waals surface area contributed by atoms with Crippen molar-refractivity contribution in [2.75, 3.05) is 12.4 Å². The molecule has 86 valence electrons. The average molecular weight is 219 g/mol. The molecule has 3 nitrogen and oxygen atoms in total. The number of ether oxygens (including phenoxy) is 1. The molecule has 0 fully saturated rings. The van der Waals surface area contributed by atoms with Gasteiger partial charge in [0, 0.05) is 18.0 Å². The number of hydrogen-bond acceptors (Lipinski definition) is 3. The third kappa shape index (κ3) is 3.77. The summed E-state index contributed by atoms with van der Waals surface area (Å²) in [6.07, 6.45) is 2.91. The fraction of sp³-hybridized carbons (Fsp3) is 0.308. The highest BCUT2D eigenvalue weighted by atomic mass is 16.5. The first-order valence-corrected chi connectivity index (χ1v) is 5.24. The minimum atomic E-state index is -0.369. The first-order chi connectivity index (χ1) is 7.63. The molecule has 0 amide bonds. The summed E-state index contributed by atoms with van der Waals surface area (Å²) in [4.78, 5) is 10.8. The van der Waals surface area contributed by atoms with Gasteiger partial charge < -0.3 is 10.1 Å². The van der Waals surface area contributed by atoms with E-state index in [1.807, 2.05) is 12.1 Å². The van der Waals surface area contributed by atoms with Crippen molar-refractivity contribution < 1.29 is 9.53 Å². The van der Waals surface area contributed by atoms with Crippen molar-refractivity contribution in [3.8, 4) is 0 Å². The first kappa shape index (κ1) is 12.3. The largest absolute Gasteiger partial charge is 0.466 e. The van der Waals surface area contributed by atoms with E-state index in [2.05, 4.69) is 36.0 Å². The predicted octanol–water partition coefficient (Wildman–Crippen LogP) is 2.91. The topological polar surface area (TPSA) is 38.3 Å². The molecule has 0 bridgehead atoms. The van der Waals surface area contributed by atoms with Gasteiger partial charge in [0.05, 0.1) is 7.11 Å². The molecule has 1 aromatic carbocycles. The molecule has 16 heavy (non-hydrogen) atoms. The van der Waals surface area contributed by atoms with Crippen LogP contribution >= 0.6 is 0 Å². The van der Waals surface area contributed by atoms with Gasteiger partial charge in [-0.3, -0.25) is 0 Å². The Bertz CT molecular complexity index is 366. The SMILES string of the molecule is COC(=O)/C=C/Nc1ccc(C(C)C)cc1. The molecule has 0 saturated heterocycles. The number of hydrogen-bond donors (Lipinski definition) is 1. The Kier molecular flexibility index (Phi) is 4.58. The van der Waals surface area contributed by atoms with E-state index < -0.39 is 0 Å². The van der Waals surface area contributed by atoms with Crippen LogP contribution in [0.15, 0.2) is 36.5 Å². The lowest BCUT2D eigenvalue weighted by Crippen LogP contribution is -1.96. The molecular formula is C13H17NO2. The summed E-state index contributed by atoms with van der Waals surface area (Å²) in [5.74, 6) is 0.158. The summed E-state index contributed by atoms with van der Waals surface area (Å²) in [6.45, 7) is 4.30. The first-order valence-electron chi connectivity index (χ1n) is 5.24. The van der Waals surface area contributed by atoms with E-state index in [4.69, 9.17) is 0 Å². The summed E-state index contributed by atoms with van der Waals surface area (Å²) in [5, 5.41) is 2.99. The minimum Gasteiger partial charge on any atom is -0.466 e. The maximum absolute atomic E-state index is 10.8. The van der Waals surface area contributed by atoms with E-state index in [0.717, 1.165) is 5.69 Å². The lowest BCUT2D eigenvalue weighted by Gasteiger charge is -2.06. The molecule has 0 saturated carbocycles. The van der Waals surface area contributed by atoms with Gasteiger partial charge in [0.1, 0.15) is 0 Å². The van der Waals surface area contributed by atoms with Crippen molar-refractivity contribution in [2.45, 2.75) is 19.8 Å². The van der Waals surface area contributed by atoms with Gasteiger partial charge in [0.25, 0.3) is 0 Å². The summed E-state index contributed by atoms with van der Waals surface area (Å²) in [5.41, 5.74) is 2.24. The molecule has 0 unspecified atom stereocenters. The zero-order valence-electron chi connectivity index (χ0n) is 9.86. The van der Waals surface area contributed by atoms with E-state index >= 15 is 0 Å². The summed E-state index contributed by atoms with van der Waals surface area (Å²) in [7, 11) is 1.35. The molecular weight excluding hydrogens is 202 g/mol. The van der Waals surface area contributed by atoms with Gasteiger partial charge in [-0.25, -0.2) is 4.79 Å². The Morgan fingerprint density at radius 1 is 1.31 bits per heavy atom. The molecule has 1 N–H and O–H groups in total. The predicted molar refractivity (Wildman–Crippen MR) is 65.3 cm³/mol. The van der Waals surface area contributed by atoms with E-state index in [-0.39, 0.29) is 5.97 Å². The molecule has 0 atom stereocenters. The molecule has 0 aliphatic rings. The van der Waals surface area contributed by atoms with Crippen molar-refractivity contribution in [1.29, 1.82) is 0 Å². The zero-order valence-corrected chi connectivity index (χ0v) is 9.86. The maximum Gasteiger partial charge on any atom is 0.331 e. The molecule has 0 heterocycles. The standard InChI is InChI=1S/C13H17NO2/c1-10(2)11-4-6-12(7-5-11)14-9-8-13(15)16-3/h4-10,14H,1-3H3/b9-8+. The lowest BCUT2D eigenvalue weighted by atomic mass is 10.0. The molecule has 0 aliphatic carbocycles. The summed E-state index contributed by atoms with van der Waals surface area (Å²) >= 11 is 0. The number of rotatable bonds is 4. The lowest BCUT2D eigenvalue weighted by molar-refractivity contribution is -0.134. The third-order valence-corrected chi connectivity index (χ3v) is 2.25. The van der Waals surface area contributed by atoms with E-state index in [1.54, 1.807) is 6.20 Å². The highest BCUT2D eigenvalue weighted by molar-refractivity contribution is 5.82. The van der Waals surface area contributed by atoms with Gasteiger partial charge in [-0.1, -0.05) is 26.0 Å². The van der Waals surface area contributed by atoms with Gasteiger partial charge >= 0.3 is 5.97 Å². The van der Waals surface area contributed by atoms with Gasteiger partial charge in [-0.15, -0.1) is 0 Å². The van der Waals surface area contributed by atoms with Crippen LogP contribution in [0.4, 0.5) is 5.69 Å². The molecule has 0 aliphatic heterocycles. The Balaban J connectivity index is 2.56. The van der Waals surface area contributed by atoms with Crippen LogP contribution in [0.25, 0.3) is 0 Å². The highest BCUT2D eigenvalue weighted by Crippen LogP contribution is 2.16. The fourth-order valence-corrected chi connectivity index (χ4v) is 1.24. The highest BCUT2D eigenvalue weighted by Gasteiger charge is 1.97. The smallest absolute Gasteiger partial charge is 0.331 e. The Labute approximate surface area is 96.1 Å². The number of esters is 1. The van der Waals surface area contributed by atoms with Crippen molar-refractivity contribution in [3.63, 3.8) is 0 Å². The quantitative estimate of drug-likeness (QED) is 0.625. The number of anilines is 1. The van der Waals surface area contributed by atoms with E-state index in [0.29, 0.717) is 5.92 Å². The maximum atomic E-state index is 10.8. The molecule has 1 aromatic rings. The van der Waals surface area contributed by atoms with Gasteiger partial charge in [-0.05, 0) is 23.6 Å². The fourth-order valence-electron chi connectivity index (χ4n) is 1.24. The van der Waals surface area contributed by atoms with Crippen molar-refractivity contribution in [3.05, 3.63) is 42.1 Å². The van der Waals surface area contributed by atoms with Crippen molar-refractivity contribution in [1.82, 2.24) is 0 Å². The van der Waals surface area contributed by atoms with Crippen LogP contribution in [0, 0.1) is 0 Å². The van der Waals surface area contributed by atoms with Crippen LogP contribution in [0.3, 0.4) is 0 Å². The van der Waals surface area contributed by atoms with Crippen LogP contribution in [0.5, 0.6) is 0 Å². The third-order valence-electron chi connectivity index (χ3n) is 2.25. The van der Waals surface area contributed by atoms with Crippen LogP contribution in [0.2, 0.25) is 0 Å². The van der Waals surface area contributed by atoms with Crippen LogP contribution in [-0.4, -0.2) is 13.1 Å². The summed E-state index contributed by atoms with van der Waals surface area (Å²) in [6, 6.07) is 8.10. The second-order valence-corrected chi connectivity index (χ2v) is 3.78. The number of carbonyl (C=O) groups excluding carboxylic acids is 1. The van der Waals surface area contributed by atoms with Gasteiger partial charge in [0.15, 0.2) is 0 Å². The van der Waals surface area contributed by atoms with Crippen molar-refractivity contribution in [2.24, 2.45) is 0 Å².